The second kappa shape index (κ2) is 9.45. The maximum atomic E-state index is 13.4. The Labute approximate surface area is 178 Å². The molecule has 1 aliphatic rings. The molecule has 2 aromatic carbocycles. The van der Waals surface area contributed by atoms with Crippen molar-refractivity contribution in [3.8, 4) is 0 Å². The van der Waals surface area contributed by atoms with Gasteiger partial charge < -0.3 is 14.1 Å². The minimum Gasteiger partial charge on any atom is -0.464 e. The van der Waals surface area contributed by atoms with Crippen LogP contribution in [0.25, 0.3) is 11.0 Å². The first-order valence-corrected chi connectivity index (χ1v) is 10.7. The van der Waals surface area contributed by atoms with Crippen LogP contribution in [0.5, 0.6) is 0 Å². The monoisotopic (exact) mass is 406 g/mol. The average molecular weight is 407 g/mol. The van der Waals surface area contributed by atoms with E-state index in [-0.39, 0.29) is 11.9 Å². The lowest BCUT2D eigenvalue weighted by Crippen LogP contribution is -2.48. The van der Waals surface area contributed by atoms with Crippen LogP contribution in [0.1, 0.15) is 23.6 Å². The summed E-state index contributed by atoms with van der Waals surface area (Å²) < 4.78 is 11.2. The van der Waals surface area contributed by atoms with Crippen molar-refractivity contribution in [2.45, 2.75) is 32.9 Å². The summed E-state index contributed by atoms with van der Waals surface area (Å²) >= 11 is 0. The molecule has 0 radical (unpaired) electrons. The molecular weight excluding hydrogens is 376 g/mol. The van der Waals surface area contributed by atoms with E-state index >= 15 is 0 Å². The molecular formula is C25H30N2O3. The molecule has 1 fully saturated rings. The molecule has 1 amide bonds. The van der Waals surface area contributed by atoms with Crippen molar-refractivity contribution in [3.05, 3.63) is 71.5 Å². The topological polar surface area (TPSA) is 45.9 Å². The number of rotatable bonds is 7. The molecule has 5 heteroatoms. The second-order valence-electron chi connectivity index (χ2n) is 8.21. The lowest BCUT2D eigenvalue weighted by atomic mass is 10.1. The zero-order valence-electron chi connectivity index (χ0n) is 17.8. The maximum absolute atomic E-state index is 13.4. The van der Waals surface area contributed by atoms with Crippen molar-refractivity contribution in [1.29, 1.82) is 0 Å². The van der Waals surface area contributed by atoms with Gasteiger partial charge in [-0.2, -0.15) is 0 Å². The van der Waals surface area contributed by atoms with Crippen LogP contribution in [-0.4, -0.2) is 54.6 Å². The number of furan rings is 1. The predicted molar refractivity (Wildman–Crippen MR) is 118 cm³/mol. The number of nitrogens with zero attached hydrogens (tertiary/aromatic N) is 2. The van der Waals surface area contributed by atoms with Gasteiger partial charge in [0.2, 0.25) is 5.91 Å². The van der Waals surface area contributed by atoms with E-state index in [1.807, 2.05) is 36.1 Å². The van der Waals surface area contributed by atoms with Gasteiger partial charge in [0.1, 0.15) is 5.58 Å². The third-order valence-corrected chi connectivity index (χ3v) is 5.83. The summed E-state index contributed by atoms with van der Waals surface area (Å²) in [6, 6.07) is 16.5. The Bertz CT molecular complexity index is 976. The number of benzene rings is 2. The number of hydrogen-bond acceptors (Lipinski definition) is 4. The minimum absolute atomic E-state index is 0.108. The van der Waals surface area contributed by atoms with E-state index in [2.05, 4.69) is 36.1 Å². The van der Waals surface area contributed by atoms with Crippen LogP contribution < -0.4 is 0 Å². The third kappa shape index (κ3) is 4.91. The zero-order chi connectivity index (χ0) is 20.9. The first-order chi connectivity index (χ1) is 14.6. The molecule has 0 saturated carbocycles. The molecule has 1 saturated heterocycles. The van der Waals surface area contributed by atoms with Gasteiger partial charge >= 0.3 is 0 Å². The summed E-state index contributed by atoms with van der Waals surface area (Å²) in [6.07, 6.45) is 2.08. The van der Waals surface area contributed by atoms with E-state index in [1.165, 1.54) is 0 Å². The number of ether oxygens (including phenoxy) is 1. The highest BCUT2D eigenvalue weighted by Crippen LogP contribution is 2.24. The quantitative estimate of drug-likeness (QED) is 0.594. The van der Waals surface area contributed by atoms with Crippen molar-refractivity contribution >= 4 is 16.9 Å². The first-order valence-electron chi connectivity index (χ1n) is 10.7. The van der Waals surface area contributed by atoms with Crippen LogP contribution in [0.2, 0.25) is 0 Å². The fraction of sp³-hybridized carbons (Fsp3) is 0.400. The van der Waals surface area contributed by atoms with Crippen molar-refractivity contribution in [1.82, 2.24) is 9.80 Å². The zero-order valence-corrected chi connectivity index (χ0v) is 17.8. The van der Waals surface area contributed by atoms with Gasteiger partial charge in [0, 0.05) is 43.2 Å². The van der Waals surface area contributed by atoms with Crippen LogP contribution in [0.4, 0.5) is 0 Å². The summed E-state index contributed by atoms with van der Waals surface area (Å²) in [7, 11) is 0. The Morgan fingerprint density at radius 1 is 1.13 bits per heavy atom. The number of hydrogen-bond donors (Lipinski definition) is 0. The van der Waals surface area contributed by atoms with E-state index in [0.29, 0.717) is 13.0 Å². The molecule has 0 aliphatic carbocycles. The van der Waals surface area contributed by atoms with Gasteiger partial charge in [0.25, 0.3) is 0 Å². The molecule has 0 bridgehead atoms. The highest BCUT2D eigenvalue weighted by atomic mass is 16.5. The molecule has 1 aliphatic heterocycles. The van der Waals surface area contributed by atoms with Crippen molar-refractivity contribution in [3.63, 3.8) is 0 Å². The molecule has 2 heterocycles. The van der Waals surface area contributed by atoms with Crippen molar-refractivity contribution < 1.29 is 13.9 Å². The molecule has 1 unspecified atom stereocenters. The lowest BCUT2D eigenvalue weighted by Gasteiger charge is -2.35. The molecule has 1 aromatic heterocycles. The molecule has 1 atom stereocenters. The third-order valence-electron chi connectivity index (χ3n) is 5.83. The van der Waals surface area contributed by atoms with E-state index in [0.717, 1.165) is 60.5 Å². The molecule has 3 aromatic rings. The Kier molecular flexibility index (Phi) is 6.50. The van der Waals surface area contributed by atoms with Gasteiger partial charge in [-0.15, -0.1) is 0 Å². The summed E-state index contributed by atoms with van der Waals surface area (Å²) in [5, 5.41) is 1.02. The average Bonchev–Trinajstić information content (AvgIpc) is 3.15. The fourth-order valence-electron chi connectivity index (χ4n) is 4.12. The summed E-state index contributed by atoms with van der Waals surface area (Å²) in [4.78, 5) is 17.8. The maximum Gasteiger partial charge on any atom is 0.227 e. The number of carbonyl (C=O) groups excluding carboxylic acids is 1. The molecule has 5 nitrogen and oxygen atoms in total. The molecule has 30 heavy (non-hydrogen) atoms. The van der Waals surface area contributed by atoms with Gasteiger partial charge in [-0.25, -0.2) is 0 Å². The summed E-state index contributed by atoms with van der Waals surface area (Å²) in [5.41, 5.74) is 4.09. The molecule has 0 N–H and O–H groups in total. The van der Waals surface area contributed by atoms with Crippen molar-refractivity contribution in [2.75, 3.05) is 32.8 Å². The second-order valence-corrected chi connectivity index (χ2v) is 8.21. The largest absolute Gasteiger partial charge is 0.464 e. The Morgan fingerprint density at radius 2 is 1.90 bits per heavy atom. The number of amides is 1. The number of aryl methyl sites for hydroxylation is 1. The standard InChI is InChI=1S/C25H30N2O3/c1-19-8-9-23-22(18-30-24(23)14-19)15-25(28)27(17-21-6-4-3-5-7-21)20(2)16-26-10-12-29-13-11-26/h3-9,14,18,20H,10-13,15-17H2,1-2H3. The van der Waals surface area contributed by atoms with Gasteiger partial charge in [-0.1, -0.05) is 42.5 Å². The molecule has 158 valence electrons. The van der Waals surface area contributed by atoms with E-state index in [9.17, 15) is 4.79 Å². The highest BCUT2D eigenvalue weighted by Gasteiger charge is 2.24. The highest BCUT2D eigenvalue weighted by molar-refractivity contribution is 5.88. The van der Waals surface area contributed by atoms with Crippen LogP contribution >= 0.6 is 0 Å². The van der Waals surface area contributed by atoms with Gasteiger partial charge in [0.05, 0.1) is 25.9 Å². The Balaban J connectivity index is 1.53. The van der Waals surface area contributed by atoms with Gasteiger partial charge in [-0.3, -0.25) is 9.69 Å². The number of fused-ring (bicyclic) bond motifs is 1. The van der Waals surface area contributed by atoms with E-state index < -0.39 is 0 Å². The van der Waals surface area contributed by atoms with E-state index in [1.54, 1.807) is 6.26 Å². The fourth-order valence-corrected chi connectivity index (χ4v) is 4.12. The Hall–Kier alpha value is -2.63. The van der Waals surface area contributed by atoms with Crippen LogP contribution in [0.15, 0.2) is 59.2 Å². The van der Waals surface area contributed by atoms with Crippen LogP contribution in [0.3, 0.4) is 0 Å². The summed E-state index contributed by atoms with van der Waals surface area (Å²) in [6.45, 7) is 9.02. The van der Waals surface area contributed by atoms with E-state index in [4.69, 9.17) is 9.15 Å². The number of morpholine rings is 1. The Morgan fingerprint density at radius 3 is 2.67 bits per heavy atom. The number of carbonyl (C=O) groups is 1. The molecule has 0 spiro atoms. The minimum atomic E-state index is 0.108. The predicted octanol–water partition coefficient (Wildman–Crippen LogP) is 4.03. The normalized spacial score (nSPS) is 15.9. The molecule has 4 rings (SSSR count). The first kappa shape index (κ1) is 20.6. The van der Waals surface area contributed by atoms with Gasteiger partial charge in [-0.05, 0) is 31.0 Å². The van der Waals surface area contributed by atoms with Gasteiger partial charge in [0.15, 0.2) is 0 Å². The summed E-state index contributed by atoms with van der Waals surface area (Å²) in [5.74, 6) is 0.128. The smallest absolute Gasteiger partial charge is 0.227 e. The van der Waals surface area contributed by atoms with Crippen molar-refractivity contribution in [2.24, 2.45) is 0 Å². The van der Waals surface area contributed by atoms with Crippen LogP contribution in [-0.2, 0) is 22.5 Å². The SMILES string of the molecule is Cc1ccc2c(CC(=O)N(Cc3ccccc3)C(C)CN3CCOCC3)coc2c1. The lowest BCUT2D eigenvalue weighted by molar-refractivity contribution is -0.133. The van der Waals surface area contributed by atoms with Crippen LogP contribution in [0, 0.1) is 6.92 Å².